The molecule has 4 heteroatoms. The van der Waals surface area contributed by atoms with Gasteiger partial charge < -0.3 is 5.32 Å². The summed E-state index contributed by atoms with van der Waals surface area (Å²) in [6, 6.07) is 7.26. The molecule has 90 valence electrons. The van der Waals surface area contributed by atoms with Crippen LogP contribution in [0.25, 0.3) is 0 Å². The largest absolute Gasteiger partial charge is 0.308 e. The Balaban J connectivity index is 2.60. The molecular weight excluding hydrogens is 228 g/mol. The molecule has 1 rings (SSSR count). The van der Waals surface area contributed by atoms with Gasteiger partial charge in [-0.05, 0) is 38.5 Å². The highest BCUT2D eigenvalue weighted by Gasteiger charge is 2.09. The fourth-order valence-electron chi connectivity index (χ4n) is 1.20. The normalized spacial score (nSPS) is 12.1. The fraction of sp³-hybridized carbons (Fsp3) is 0.500. The van der Waals surface area contributed by atoms with E-state index >= 15 is 0 Å². The molecule has 0 radical (unpaired) electrons. The number of hydrogen-bond donors (Lipinski definition) is 1. The molecule has 0 aliphatic rings. The minimum Gasteiger partial charge on any atom is -0.308 e. The Hall–Kier alpha value is -0.610. The summed E-state index contributed by atoms with van der Waals surface area (Å²) in [7, 11) is 0. The van der Waals surface area contributed by atoms with Gasteiger partial charge in [0.25, 0.3) is 5.76 Å². The van der Waals surface area contributed by atoms with Crippen LogP contribution in [0, 0.1) is 0 Å². The molecule has 1 N–H and O–H groups in total. The van der Waals surface area contributed by atoms with Crippen molar-refractivity contribution in [2.75, 3.05) is 0 Å². The summed E-state index contributed by atoms with van der Waals surface area (Å²) in [5.74, 6) is -2.36. The van der Waals surface area contributed by atoms with Crippen molar-refractivity contribution in [3.63, 3.8) is 0 Å². The van der Waals surface area contributed by atoms with Crippen LogP contribution in [0.1, 0.15) is 26.3 Å². The van der Waals surface area contributed by atoms with Gasteiger partial charge in [-0.2, -0.15) is 8.78 Å². The Morgan fingerprint density at radius 1 is 1.31 bits per heavy atom. The lowest BCUT2D eigenvalue weighted by Crippen LogP contribution is -2.35. The van der Waals surface area contributed by atoms with Crippen molar-refractivity contribution in [2.24, 2.45) is 0 Å². The first-order chi connectivity index (χ1) is 7.37. The number of nitrogens with one attached hydrogen (secondary N) is 1. The van der Waals surface area contributed by atoms with E-state index in [4.69, 9.17) is 0 Å². The van der Waals surface area contributed by atoms with Crippen LogP contribution in [0.15, 0.2) is 29.2 Å². The van der Waals surface area contributed by atoms with Crippen molar-refractivity contribution in [3.05, 3.63) is 29.8 Å². The van der Waals surface area contributed by atoms with E-state index in [1.54, 1.807) is 12.1 Å². The van der Waals surface area contributed by atoms with Crippen LogP contribution in [-0.2, 0) is 6.54 Å². The Morgan fingerprint density at radius 3 is 2.56 bits per heavy atom. The predicted molar refractivity (Wildman–Crippen MR) is 64.9 cm³/mol. The first kappa shape index (κ1) is 13.5. The Labute approximate surface area is 99.6 Å². The monoisotopic (exact) mass is 245 g/mol. The third kappa shape index (κ3) is 5.47. The van der Waals surface area contributed by atoms with Crippen molar-refractivity contribution in [1.82, 2.24) is 5.32 Å². The summed E-state index contributed by atoms with van der Waals surface area (Å²) in [6.07, 6.45) is 0. The quantitative estimate of drug-likeness (QED) is 0.808. The van der Waals surface area contributed by atoms with Crippen molar-refractivity contribution in [2.45, 2.75) is 43.5 Å². The van der Waals surface area contributed by atoms with Crippen LogP contribution >= 0.6 is 11.8 Å². The number of rotatable bonds is 4. The first-order valence-corrected chi connectivity index (χ1v) is 6.03. The van der Waals surface area contributed by atoms with E-state index in [-0.39, 0.29) is 5.54 Å². The number of thioether (sulfide) groups is 1. The lowest BCUT2D eigenvalue weighted by atomic mass is 10.1. The van der Waals surface area contributed by atoms with Gasteiger partial charge in [-0.25, -0.2) is 0 Å². The maximum absolute atomic E-state index is 12.2. The molecule has 1 nitrogen and oxygen atoms in total. The second kappa shape index (κ2) is 5.64. The van der Waals surface area contributed by atoms with Crippen molar-refractivity contribution in [3.8, 4) is 0 Å². The van der Waals surface area contributed by atoms with E-state index in [2.05, 4.69) is 26.1 Å². The number of benzene rings is 1. The molecule has 16 heavy (non-hydrogen) atoms. The number of halogens is 2. The molecule has 0 saturated carbocycles. The Bertz CT molecular complexity index is 334. The average molecular weight is 245 g/mol. The van der Waals surface area contributed by atoms with E-state index in [1.165, 1.54) is 0 Å². The highest BCUT2D eigenvalue weighted by atomic mass is 32.2. The van der Waals surface area contributed by atoms with Gasteiger partial charge in [0.05, 0.1) is 0 Å². The molecule has 0 saturated heterocycles. The molecule has 0 unspecified atom stereocenters. The number of alkyl halides is 2. The van der Waals surface area contributed by atoms with E-state index in [9.17, 15) is 8.78 Å². The van der Waals surface area contributed by atoms with Crippen molar-refractivity contribution < 1.29 is 8.78 Å². The maximum atomic E-state index is 12.2. The highest BCUT2D eigenvalue weighted by Crippen LogP contribution is 2.25. The molecule has 0 heterocycles. The van der Waals surface area contributed by atoms with Gasteiger partial charge in [0, 0.05) is 17.0 Å². The van der Waals surface area contributed by atoms with E-state index < -0.39 is 5.76 Å². The summed E-state index contributed by atoms with van der Waals surface area (Å²) >= 11 is 0.585. The van der Waals surface area contributed by atoms with E-state index in [0.29, 0.717) is 23.2 Å². The third-order valence-corrected chi connectivity index (χ3v) is 2.65. The Morgan fingerprint density at radius 2 is 2.00 bits per heavy atom. The third-order valence-electron chi connectivity index (χ3n) is 1.95. The van der Waals surface area contributed by atoms with Gasteiger partial charge in [0.15, 0.2) is 0 Å². The summed E-state index contributed by atoms with van der Waals surface area (Å²) in [6.45, 7) is 6.92. The summed E-state index contributed by atoms with van der Waals surface area (Å²) in [4.78, 5) is 0.614. The second-order valence-electron chi connectivity index (χ2n) is 4.63. The zero-order valence-corrected chi connectivity index (χ0v) is 10.6. The van der Waals surface area contributed by atoms with Gasteiger partial charge in [0.2, 0.25) is 0 Å². The molecule has 0 bridgehead atoms. The lowest BCUT2D eigenvalue weighted by Gasteiger charge is -2.20. The van der Waals surface area contributed by atoms with Gasteiger partial charge in [-0.15, -0.1) is 0 Å². The smallest absolute Gasteiger partial charge is 0.288 e. The topological polar surface area (TPSA) is 12.0 Å². The van der Waals surface area contributed by atoms with Crippen LogP contribution < -0.4 is 5.32 Å². The SMILES string of the molecule is CC(C)(C)NCc1cccc(SC(F)F)c1. The Kier molecular flexibility index (Phi) is 4.74. The highest BCUT2D eigenvalue weighted by molar-refractivity contribution is 7.99. The molecular formula is C12H17F2NS. The summed E-state index contributed by atoms with van der Waals surface area (Å²) in [5, 5.41) is 3.32. The van der Waals surface area contributed by atoms with Crippen LogP contribution in [-0.4, -0.2) is 11.3 Å². The van der Waals surface area contributed by atoms with E-state index in [1.807, 2.05) is 12.1 Å². The lowest BCUT2D eigenvalue weighted by molar-refractivity contribution is 0.252. The fourth-order valence-corrected chi connectivity index (χ4v) is 1.78. The van der Waals surface area contributed by atoms with E-state index in [0.717, 1.165) is 5.56 Å². The average Bonchev–Trinajstić information content (AvgIpc) is 2.13. The molecule has 0 aliphatic heterocycles. The molecule has 1 aromatic carbocycles. The zero-order chi connectivity index (χ0) is 12.2. The molecule has 1 aromatic rings. The van der Waals surface area contributed by atoms with Gasteiger partial charge >= 0.3 is 0 Å². The molecule has 0 fully saturated rings. The molecule has 0 aliphatic carbocycles. The van der Waals surface area contributed by atoms with Crippen LogP contribution in [0.5, 0.6) is 0 Å². The standard InChI is InChI=1S/C12H17F2NS/c1-12(2,3)15-8-9-5-4-6-10(7-9)16-11(13)14/h4-7,11,15H,8H2,1-3H3. The van der Waals surface area contributed by atoms with Crippen molar-refractivity contribution >= 4 is 11.8 Å². The zero-order valence-electron chi connectivity index (χ0n) is 9.76. The summed E-state index contributed by atoms with van der Waals surface area (Å²) < 4.78 is 24.3. The molecule has 0 aromatic heterocycles. The molecule has 0 spiro atoms. The maximum Gasteiger partial charge on any atom is 0.288 e. The predicted octanol–water partition coefficient (Wildman–Crippen LogP) is 3.89. The molecule has 0 amide bonds. The van der Waals surface area contributed by atoms with Crippen LogP contribution in [0.3, 0.4) is 0 Å². The van der Waals surface area contributed by atoms with Gasteiger partial charge in [0.1, 0.15) is 0 Å². The first-order valence-electron chi connectivity index (χ1n) is 5.15. The number of hydrogen-bond acceptors (Lipinski definition) is 2. The van der Waals surface area contributed by atoms with Crippen molar-refractivity contribution in [1.29, 1.82) is 0 Å². The summed E-state index contributed by atoms with van der Waals surface area (Å²) in [5.41, 5.74) is 1.06. The molecule has 0 atom stereocenters. The second-order valence-corrected chi connectivity index (χ2v) is 5.69. The van der Waals surface area contributed by atoms with Gasteiger partial charge in [-0.1, -0.05) is 23.9 Å². The van der Waals surface area contributed by atoms with Crippen LogP contribution in [0.2, 0.25) is 0 Å². The minimum atomic E-state index is -2.36. The minimum absolute atomic E-state index is 0.0336. The van der Waals surface area contributed by atoms with Gasteiger partial charge in [-0.3, -0.25) is 0 Å². The van der Waals surface area contributed by atoms with Crippen LogP contribution in [0.4, 0.5) is 8.78 Å².